The molecule has 0 amide bonds. The summed E-state index contributed by atoms with van der Waals surface area (Å²) in [5, 5.41) is 1.38. The smallest absolute Gasteiger partial charge is 0.0587 e. The Balaban J connectivity index is 1.17. The van der Waals surface area contributed by atoms with Gasteiger partial charge in [-0.15, -0.1) is 0 Å². The Morgan fingerprint density at radius 3 is 2.50 bits per heavy atom. The molecule has 1 aromatic heterocycles. The summed E-state index contributed by atoms with van der Waals surface area (Å²) in [6, 6.07) is 27.5. The molecule has 0 radical (unpaired) electrons. The second-order valence-corrected chi connectivity index (χ2v) is 9.67. The summed E-state index contributed by atoms with van der Waals surface area (Å²) in [4.78, 5) is 2.59. The molecule has 4 aromatic rings. The average molecular weight is 441 g/mol. The summed E-state index contributed by atoms with van der Waals surface area (Å²) in [5.74, 6) is 0. The summed E-state index contributed by atoms with van der Waals surface area (Å²) < 4.78 is 2.53. The van der Waals surface area contributed by atoms with Crippen molar-refractivity contribution in [2.45, 2.75) is 38.4 Å². The summed E-state index contributed by atoms with van der Waals surface area (Å²) in [5.41, 5.74) is 11.2. The van der Waals surface area contributed by atoms with Crippen molar-refractivity contribution in [2.24, 2.45) is 0 Å². The first-order valence-electron chi connectivity index (χ1n) is 12.4. The van der Waals surface area contributed by atoms with Gasteiger partial charge >= 0.3 is 0 Å². The predicted octanol–water partition coefficient (Wildman–Crippen LogP) is 7.38. The fraction of sp³-hybridized carbons (Fsp3) is 0.188. The van der Waals surface area contributed by atoms with Crippen LogP contribution in [0, 0.1) is 0 Å². The highest BCUT2D eigenvalue weighted by molar-refractivity contribution is 5.92. The van der Waals surface area contributed by atoms with Gasteiger partial charge in [-0.2, -0.15) is 0 Å². The van der Waals surface area contributed by atoms with E-state index in [-0.39, 0.29) is 0 Å². The molecule has 2 aliphatic carbocycles. The van der Waals surface area contributed by atoms with Gasteiger partial charge in [0.25, 0.3) is 0 Å². The van der Waals surface area contributed by atoms with Crippen molar-refractivity contribution in [3.05, 3.63) is 125 Å². The molecule has 34 heavy (non-hydrogen) atoms. The van der Waals surface area contributed by atoms with Crippen LogP contribution in [0.25, 0.3) is 22.6 Å². The summed E-state index contributed by atoms with van der Waals surface area (Å²) in [7, 11) is 0. The van der Waals surface area contributed by atoms with Gasteiger partial charge in [0, 0.05) is 46.5 Å². The molecule has 2 heteroatoms. The zero-order valence-electron chi connectivity index (χ0n) is 19.3. The molecule has 2 nitrogen and oxygen atoms in total. The topological polar surface area (TPSA) is 8.17 Å². The lowest BCUT2D eigenvalue weighted by atomic mass is 9.96. The second kappa shape index (κ2) is 7.92. The first-order chi connectivity index (χ1) is 16.9. The van der Waals surface area contributed by atoms with Crippen LogP contribution < -0.4 is 4.90 Å². The third-order valence-corrected chi connectivity index (χ3v) is 7.70. The van der Waals surface area contributed by atoms with Crippen molar-refractivity contribution in [1.29, 1.82) is 0 Å². The van der Waals surface area contributed by atoms with Crippen LogP contribution in [-0.4, -0.2) is 10.6 Å². The standard InChI is InChI=1S/C32H28N2/c1-5-13-29-25(9-1)26-10-2-6-14-30(26)33(29)21-23-17-19-24(20-18-23)22-34-31-15-7-3-11-27(31)28-12-4-8-16-32(28)34/h1-7,9-13,15,17-20,30H,8,14,16,21-22H2. The third kappa shape index (κ3) is 3.09. The molecule has 0 spiro atoms. The molecular formula is C32H28N2. The highest BCUT2D eigenvalue weighted by atomic mass is 15.2. The van der Waals surface area contributed by atoms with Crippen LogP contribution in [0.2, 0.25) is 0 Å². The lowest BCUT2D eigenvalue weighted by Gasteiger charge is -2.28. The van der Waals surface area contributed by atoms with Crippen molar-refractivity contribution in [1.82, 2.24) is 4.57 Å². The highest BCUT2D eigenvalue weighted by Gasteiger charge is 2.33. The molecule has 1 aliphatic heterocycles. The van der Waals surface area contributed by atoms with Gasteiger partial charge in [-0.1, -0.05) is 91.0 Å². The largest absolute Gasteiger partial charge is 0.359 e. The Hall–Kier alpha value is -3.78. The first kappa shape index (κ1) is 19.7. The molecule has 0 N–H and O–H groups in total. The van der Waals surface area contributed by atoms with E-state index in [1.807, 2.05) is 0 Å². The van der Waals surface area contributed by atoms with Gasteiger partial charge in [-0.25, -0.2) is 0 Å². The fourth-order valence-electron chi connectivity index (χ4n) is 6.08. The van der Waals surface area contributed by atoms with Gasteiger partial charge < -0.3 is 9.47 Å². The number of fused-ring (bicyclic) bond motifs is 6. The molecule has 0 bridgehead atoms. The van der Waals surface area contributed by atoms with E-state index >= 15 is 0 Å². The lowest BCUT2D eigenvalue weighted by Crippen LogP contribution is -2.31. The van der Waals surface area contributed by atoms with Crippen LogP contribution in [0.5, 0.6) is 0 Å². The third-order valence-electron chi connectivity index (χ3n) is 7.70. The Bertz CT molecular complexity index is 1480. The molecule has 1 unspecified atom stereocenters. The normalized spacial score (nSPS) is 18.1. The van der Waals surface area contributed by atoms with Gasteiger partial charge in [0.1, 0.15) is 0 Å². The minimum atomic E-state index is 0.452. The zero-order chi connectivity index (χ0) is 22.5. The van der Waals surface area contributed by atoms with Crippen LogP contribution in [0.1, 0.15) is 40.8 Å². The SMILES string of the molecule is C1=CCC2C(=C1)c1ccccc1N2Cc1ccc(Cn2c3c(c4ccccc42)C=CCC3)cc1. The zero-order valence-corrected chi connectivity index (χ0v) is 19.3. The molecule has 2 heterocycles. The molecule has 166 valence electrons. The van der Waals surface area contributed by atoms with E-state index in [2.05, 4.69) is 113 Å². The van der Waals surface area contributed by atoms with E-state index in [9.17, 15) is 0 Å². The highest BCUT2D eigenvalue weighted by Crippen LogP contribution is 2.43. The molecule has 3 aliphatic rings. The second-order valence-electron chi connectivity index (χ2n) is 9.67. The van der Waals surface area contributed by atoms with Crippen molar-refractivity contribution in [3.63, 3.8) is 0 Å². The van der Waals surface area contributed by atoms with Gasteiger partial charge in [0.05, 0.1) is 6.04 Å². The Morgan fingerprint density at radius 2 is 1.59 bits per heavy atom. The quantitative estimate of drug-likeness (QED) is 0.321. The maximum atomic E-state index is 2.59. The molecule has 3 aromatic carbocycles. The summed E-state index contributed by atoms with van der Waals surface area (Å²) in [6.45, 7) is 1.87. The molecule has 0 saturated carbocycles. The first-order valence-corrected chi connectivity index (χ1v) is 12.4. The Labute approximate surface area is 201 Å². The summed E-state index contributed by atoms with van der Waals surface area (Å²) >= 11 is 0. The minimum Gasteiger partial charge on any atom is -0.359 e. The van der Waals surface area contributed by atoms with Crippen LogP contribution in [0.4, 0.5) is 5.69 Å². The van der Waals surface area contributed by atoms with Crippen molar-refractivity contribution in [2.75, 3.05) is 4.90 Å². The molecule has 0 saturated heterocycles. The number of benzene rings is 3. The van der Waals surface area contributed by atoms with Gasteiger partial charge in [-0.3, -0.25) is 0 Å². The van der Waals surface area contributed by atoms with Gasteiger partial charge in [0.2, 0.25) is 0 Å². The molecule has 0 fully saturated rings. The number of allylic oxidation sites excluding steroid dienone is 3. The number of anilines is 1. The van der Waals surface area contributed by atoms with E-state index < -0.39 is 0 Å². The van der Waals surface area contributed by atoms with Crippen LogP contribution in [0.15, 0.2) is 97.1 Å². The van der Waals surface area contributed by atoms with E-state index in [0.717, 1.165) is 32.4 Å². The average Bonchev–Trinajstić information content (AvgIpc) is 3.39. The number of para-hydroxylation sites is 2. The maximum Gasteiger partial charge on any atom is 0.0587 e. The van der Waals surface area contributed by atoms with E-state index in [1.54, 1.807) is 0 Å². The number of hydrogen-bond acceptors (Lipinski definition) is 1. The monoisotopic (exact) mass is 440 g/mol. The van der Waals surface area contributed by atoms with E-state index in [4.69, 9.17) is 0 Å². The minimum absolute atomic E-state index is 0.452. The predicted molar refractivity (Wildman–Crippen MR) is 143 cm³/mol. The number of nitrogens with zero attached hydrogens (tertiary/aromatic N) is 2. The Morgan fingerprint density at radius 1 is 0.794 bits per heavy atom. The Kier molecular flexibility index (Phi) is 4.58. The molecule has 1 atom stereocenters. The van der Waals surface area contributed by atoms with Crippen molar-refractivity contribution in [3.8, 4) is 0 Å². The summed E-state index contributed by atoms with van der Waals surface area (Å²) in [6.07, 6.45) is 14.8. The van der Waals surface area contributed by atoms with Gasteiger partial charge in [0.15, 0.2) is 0 Å². The van der Waals surface area contributed by atoms with Crippen LogP contribution >= 0.6 is 0 Å². The number of aromatic nitrogens is 1. The van der Waals surface area contributed by atoms with Crippen LogP contribution in [-0.2, 0) is 19.5 Å². The van der Waals surface area contributed by atoms with Crippen LogP contribution in [0.3, 0.4) is 0 Å². The van der Waals surface area contributed by atoms with E-state index in [1.165, 1.54) is 50.1 Å². The molecular weight excluding hydrogens is 412 g/mol. The van der Waals surface area contributed by atoms with Crippen molar-refractivity contribution < 1.29 is 0 Å². The van der Waals surface area contributed by atoms with Crippen molar-refractivity contribution >= 4 is 28.2 Å². The van der Waals surface area contributed by atoms with E-state index in [0.29, 0.717) is 6.04 Å². The van der Waals surface area contributed by atoms with Gasteiger partial charge in [-0.05, 0) is 48.1 Å². The fourth-order valence-corrected chi connectivity index (χ4v) is 6.08. The number of rotatable bonds is 4. The number of hydrogen-bond donors (Lipinski definition) is 0. The lowest BCUT2D eigenvalue weighted by molar-refractivity contribution is 0.719. The molecule has 7 rings (SSSR count). The maximum absolute atomic E-state index is 2.59.